The van der Waals surface area contributed by atoms with Gasteiger partial charge in [0.1, 0.15) is 5.69 Å². The lowest BCUT2D eigenvalue weighted by molar-refractivity contribution is 0.604. The second-order valence-corrected chi connectivity index (χ2v) is 4.76. The van der Waals surface area contributed by atoms with E-state index < -0.39 is 0 Å². The highest BCUT2D eigenvalue weighted by Crippen LogP contribution is 2.21. The Hall–Kier alpha value is -1.71. The van der Waals surface area contributed by atoms with Gasteiger partial charge in [-0.1, -0.05) is 13.8 Å². The van der Waals surface area contributed by atoms with E-state index in [1.807, 2.05) is 18.7 Å². The van der Waals surface area contributed by atoms with Gasteiger partial charge in [0, 0.05) is 12.2 Å². The van der Waals surface area contributed by atoms with Crippen LogP contribution in [0.15, 0.2) is 24.9 Å². The molecule has 2 aromatic rings. The van der Waals surface area contributed by atoms with Gasteiger partial charge in [-0.15, -0.1) is 0 Å². The minimum absolute atomic E-state index is 0.372. The van der Waals surface area contributed by atoms with E-state index in [1.165, 1.54) is 0 Å². The maximum Gasteiger partial charge on any atom is 0.107 e. The molecule has 0 spiro atoms. The molecule has 0 fully saturated rings. The minimum Gasteiger partial charge on any atom is -0.327 e. The van der Waals surface area contributed by atoms with Gasteiger partial charge in [-0.3, -0.25) is 4.98 Å². The summed E-state index contributed by atoms with van der Waals surface area (Å²) in [6.45, 7) is 8.50. The summed E-state index contributed by atoms with van der Waals surface area (Å²) in [7, 11) is 0. The molecule has 0 aliphatic heterocycles. The van der Waals surface area contributed by atoms with Gasteiger partial charge in [0.05, 0.1) is 30.1 Å². The van der Waals surface area contributed by atoms with E-state index in [4.69, 9.17) is 0 Å². The van der Waals surface area contributed by atoms with Crippen LogP contribution in [-0.4, -0.2) is 19.5 Å². The molecule has 0 bridgehead atoms. The smallest absolute Gasteiger partial charge is 0.107 e. The van der Waals surface area contributed by atoms with Gasteiger partial charge in [0.2, 0.25) is 0 Å². The summed E-state index contributed by atoms with van der Waals surface area (Å²) >= 11 is 0. The fourth-order valence-electron chi connectivity index (χ4n) is 1.70. The normalized spacial score (nSPS) is 11.4. The van der Waals surface area contributed by atoms with E-state index in [-0.39, 0.29) is 0 Å². The fraction of sp³-hybridized carbons (Fsp3) is 0.462. The highest BCUT2D eigenvalue weighted by molar-refractivity contribution is 5.52. The molecule has 4 nitrogen and oxygen atoms in total. The van der Waals surface area contributed by atoms with Crippen LogP contribution in [0.3, 0.4) is 0 Å². The van der Waals surface area contributed by atoms with Crippen molar-refractivity contribution in [2.45, 2.75) is 39.7 Å². The van der Waals surface area contributed by atoms with Gasteiger partial charge in [0.15, 0.2) is 0 Å². The number of hydrogen-bond acceptors (Lipinski definition) is 3. The molecule has 0 aliphatic rings. The molecule has 0 aromatic carbocycles. The SMILES string of the molecule is CC(C)c1cncc(-c2cncn2C(C)C)n1. The molecule has 2 aromatic heterocycles. The van der Waals surface area contributed by atoms with Crippen LogP contribution in [0.25, 0.3) is 11.4 Å². The van der Waals surface area contributed by atoms with Gasteiger partial charge < -0.3 is 4.57 Å². The average molecular weight is 230 g/mol. The lowest BCUT2D eigenvalue weighted by Crippen LogP contribution is -2.03. The molecule has 4 heteroatoms. The van der Waals surface area contributed by atoms with E-state index in [1.54, 1.807) is 6.20 Å². The van der Waals surface area contributed by atoms with E-state index in [2.05, 4.69) is 47.2 Å². The molecular formula is C13H18N4. The van der Waals surface area contributed by atoms with Crippen molar-refractivity contribution in [1.29, 1.82) is 0 Å². The van der Waals surface area contributed by atoms with Crippen LogP contribution >= 0.6 is 0 Å². The number of rotatable bonds is 3. The summed E-state index contributed by atoms with van der Waals surface area (Å²) in [6, 6.07) is 0.372. The predicted molar refractivity (Wildman–Crippen MR) is 67.7 cm³/mol. The first kappa shape index (κ1) is 11.8. The Kier molecular flexibility index (Phi) is 3.22. The monoisotopic (exact) mass is 230 g/mol. The van der Waals surface area contributed by atoms with Crippen molar-refractivity contribution in [2.24, 2.45) is 0 Å². The van der Waals surface area contributed by atoms with Crippen LogP contribution in [0.4, 0.5) is 0 Å². The third-order valence-corrected chi connectivity index (χ3v) is 2.73. The van der Waals surface area contributed by atoms with Crippen molar-refractivity contribution in [3.8, 4) is 11.4 Å². The highest BCUT2D eigenvalue weighted by atomic mass is 15.1. The third-order valence-electron chi connectivity index (χ3n) is 2.73. The Morgan fingerprint density at radius 2 is 1.76 bits per heavy atom. The van der Waals surface area contributed by atoms with Crippen LogP contribution < -0.4 is 0 Å². The van der Waals surface area contributed by atoms with Crippen molar-refractivity contribution >= 4 is 0 Å². The summed E-state index contributed by atoms with van der Waals surface area (Å²) in [5.41, 5.74) is 2.93. The molecular weight excluding hydrogens is 212 g/mol. The predicted octanol–water partition coefficient (Wildman–Crippen LogP) is 3.04. The number of nitrogens with zero attached hydrogens (tertiary/aromatic N) is 4. The lowest BCUT2D eigenvalue weighted by atomic mass is 10.1. The van der Waals surface area contributed by atoms with Gasteiger partial charge >= 0.3 is 0 Å². The average Bonchev–Trinajstić information content (AvgIpc) is 2.78. The Labute approximate surface area is 102 Å². The first-order chi connectivity index (χ1) is 8.09. The third kappa shape index (κ3) is 2.35. The molecule has 2 rings (SSSR count). The zero-order valence-electron chi connectivity index (χ0n) is 10.8. The quantitative estimate of drug-likeness (QED) is 0.814. The molecule has 0 radical (unpaired) electrons. The second-order valence-electron chi connectivity index (χ2n) is 4.76. The Bertz CT molecular complexity index is 500. The van der Waals surface area contributed by atoms with E-state index in [9.17, 15) is 0 Å². The van der Waals surface area contributed by atoms with Gasteiger partial charge in [-0.2, -0.15) is 0 Å². The molecule has 0 saturated carbocycles. The molecule has 0 atom stereocenters. The summed E-state index contributed by atoms with van der Waals surface area (Å²) in [5.74, 6) is 0.387. The molecule has 90 valence electrons. The van der Waals surface area contributed by atoms with E-state index in [0.29, 0.717) is 12.0 Å². The maximum absolute atomic E-state index is 4.63. The van der Waals surface area contributed by atoms with Gasteiger partial charge in [0.25, 0.3) is 0 Å². The van der Waals surface area contributed by atoms with E-state index >= 15 is 0 Å². The Morgan fingerprint density at radius 3 is 2.41 bits per heavy atom. The molecule has 0 N–H and O–H groups in total. The van der Waals surface area contributed by atoms with Crippen LogP contribution in [0.5, 0.6) is 0 Å². The van der Waals surface area contributed by atoms with Crippen LogP contribution in [0.2, 0.25) is 0 Å². The molecule has 2 heterocycles. The summed E-state index contributed by atoms with van der Waals surface area (Å²) in [5, 5.41) is 0. The molecule has 17 heavy (non-hydrogen) atoms. The van der Waals surface area contributed by atoms with Gasteiger partial charge in [-0.25, -0.2) is 9.97 Å². The number of imidazole rings is 1. The highest BCUT2D eigenvalue weighted by Gasteiger charge is 2.11. The first-order valence-electron chi connectivity index (χ1n) is 5.93. The summed E-state index contributed by atoms with van der Waals surface area (Å²) in [4.78, 5) is 13.1. The van der Waals surface area contributed by atoms with Crippen molar-refractivity contribution in [3.63, 3.8) is 0 Å². The van der Waals surface area contributed by atoms with Crippen molar-refractivity contribution in [2.75, 3.05) is 0 Å². The standard InChI is InChI=1S/C13H18N4/c1-9(2)11-5-14-6-12(16-11)13-7-15-8-17(13)10(3)4/h5-10H,1-4H3. The topological polar surface area (TPSA) is 43.6 Å². The van der Waals surface area contributed by atoms with Crippen LogP contribution in [0, 0.1) is 0 Å². The largest absolute Gasteiger partial charge is 0.327 e. The maximum atomic E-state index is 4.63. The van der Waals surface area contributed by atoms with Crippen LogP contribution in [0.1, 0.15) is 45.3 Å². The Balaban J connectivity index is 2.46. The molecule has 0 amide bonds. The van der Waals surface area contributed by atoms with E-state index in [0.717, 1.165) is 17.1 Å². The van der Waals surface area contributed by atoms with Crippen molar-refractivity contribution in [1.82, 2.24) is 19.5 Å². The minimum atomic E-state index is 0.372. The molecule has 0 unspecified atom stereocenters. The molecule has 0 saturated heterocycles. The zero-order valence-corrected chi connectivity index (χ0v) is 10.8. The number of aromatic nitrogens is 4. The summed E-state index contributed by atoms with van der Waals surface area (Å²) < 4.78 is 2.11. The first-order valence-corrected chi connectivity index (χ1v) is 5.93. The van der Waals surface area contributed by atoms with Crippen molar-refractivity contribution < 1.29 is 0 Å². The second kappa shape index (κ2) is 4.65. The molecule has 0 aliphatic carbocycles. The van der Waals surface area contributed by atoms with Crippen molar-refractivity contribution in [3.05, 3.63) is 30.6 Å². The fourth-order valence-corrected chi connectivity index (χ4v) is 1.70. The lowest BCUT2D eigenvalue weighted by Gasteiger charge is -2.12. The zero-order chi connectivity index (χ0) is 12.4. The number of hydrogen-bond donors (Lipinski definition) is 0. The van der Waals surface area contributed by atoms with Crippen LogP contribution in [-0.2, 0) is 0 Å². The Morgan fingerprint density at radius 1 is 1.00 bits per heavy atom. The van der Waals surface area contributed by atoms with Gasteiger partial charge in [-0.05, 0) is 19.8 Å². The summed E-state index contributed by atoms with van der Waals surface area (Å²) in [6.07, 6.45) is 7.30.